The van der Waals surface area contributed by atoms with Gasteiger partial charge in [0, 0.05) is 26.8 Å². The lowest BCUT2D eigenvalue weighted by atomic mass is 10.1. The Hall–Kier alpha value is -3.82. The van der Waals surface area contributed by atoms with Crippen molar-refractivity contribution in [3.63, 3.8) is 0 Å². The molecule has 0 bridgehead atoms. The number of carbonyl (C=O) groups is 1. The lowest BCUT2D eigenvalue weighted by Crippen LogP contribution is -2.09. The van der Waals surface area contributed by atoms with Crippen LogP contribution in [0.1, 0.15) is 27.0 Å². The topological polar surface area (TPSA) is 80.3 Å². The monoisotopic (exact) mass is 427 g/mol. The van der Waals surface area contributed by atoms with E-state index in [9.17, 15) is 14.9 Å². The maximum absolute atomic E-state index is 12.9. The Morgan fingerprint density at radius 1 is 1.03 bits per heavy atom. The summed E-state index contributed by atoms with van der Waals surface area (Å²) in [4.78, 5) is 26.2. The van der Waals surface area contributed by atoms with E-state index in [4.69, 9.17) is 9.15 Å². The average molecular weight is 427 g/mol. The van der Waals surface area contributed by atoms with Gasteiger partial charge in [-0.05, 0) is 42.8 Å². The standard InChI is InChI=1S/C25H17NO4S/c1-16-10-11-19-18(13-24(27)30-21(19)12-16)15-29-25(28)20-7-3-5-9-23(20)31-22-8-4-2-6-17(22)14-26/h2-13H,15H2,1H3. The maximum Gasteiger partial charge on any atom is 0.339 e. The highest BCUT2D eigenvalue weighted by Gasteiger charge is 2.16. The van der Waals surface area contributed by atoms with Crippen molar-refractivity contribution in [2.24, 2.45) is 0 Å². The molecule has 0 aliphatic heterocycles. The molecule has 4 aromatic rings. The molecule has 31 heavy (non-hydrogen) atoms. The molecule has 0 unspecified atom stereocenters. The molecular formula is C25H17NO4S. The molecule has 6 heteroatoms. The van der Waals surface area contributed by atoms with E-state index in [1.165, 1.54) is 17.8 Å². The summed E-state index contributed by atoms with van der Waals surface area (Å²) in [6, 6.07) is 23.3. The molecule has 0 atom stereocenters. The first-order valence-electron chi connectivity index (χ1n) is 9.51. The second-order valence-corrected chi connectivity index (χ2v) is 7.96. The number of esters is 1. The quantitative estimate of drug-likeness (QED) is 0.310. The fraction of sp³-hybridized carbons (Fsp3) is 0.0800. The third-order valence-electron chi connectivity index (χ3n) is 4.68. The number of rotatable bonds is 5. The highest BCUT2D eigenvalue weighted by atomic mass is 32.2. The largest absolute Gasteiger partial charge is 0.457 e. The number of hydrogen-bond donors (Lipinski definition) is 0. The molecule has 0 aliphatic carbocycles. The number of hydrogen-bond acceptors (Lipinski definition) is 6. The van der Waals surface area contributed by atoms with Crippen molar-refractivity contribution in [2.75, 3.05) is 0 Å². The van der Waals surface area contributed by atoms with Crippen LogP contribution in [0.15, 0.2) is 91.8 Å². The van der Waals surface area contributed by atoms with Gasteiger partial charge in [0.15, 0.2) is 0 Å². The predicted octanol–water partition coefficient (Wildman–Crippen LogP) is 5.48. The minimum Gasteiger partial charge on any atom is -0.457 e. The van der Waals surface area contributed by atoms with Gasteiger partial charge >= 0.3 is 11.6 Å². The molecule has 0 saturated carbocycles. The molecule has 0 N–H and O–H groups in total. The smallest absolute Gasteiger partial charge is 0.339 e. The van der Waals surface area contributed by atoms with Crippen molar-refractivity contribution in [3.8, 4) is 6.07 Å². The van der Waals surface area contributed by atoms with Crippen LogP contribution in [-0.2, 0) is 11.3 Å². The third kappa shape index (κ3) is 4.52. The van der Waals surface area contributed by atoms with Crippen molar-refractivity contribution in [1.82, 2.24) is 0 Å². The lowest BCUT2D eigenvalue weighted by molar-refractivity contribution is 0.0469. The second kappa shape index (κ2) is 8.90. The molecule has 1 heterocycles. The van der Waals surface area contributed by atoms with Gasteiger partial charge in [0.2, 0.25) is 0 Å². The molecule has 0 aliphatic rings. The molecular weight excluding hydrogens is 410 g/mol. The molecule has 0 radical (unpaired) electrons. The van der Waals surface area contributed by atoms with Crippen molar-refractivity contribution in [3.05, 3.63) is 105 Å². The first-order chi connectivity index (χ1) is 15.0. The third-order valence-corrected chi connectivity index (χ3v) is 5.83. The van der Waals surface area contributed by atoms with Crippen LogP contribution < -0.4 is 5.63 Å². The molecule has 1 aromatic heterocycles. The van der Waals surface area contributed by atoms with E-state index in [0.29, 0.717) is 27.2 Å². The van der Waals surface area contributed by atoms with Crippen molar-refractivity contribution < 1.29 is 13.9 Å². The summed E-state index contributed by atoms with van der Waals surface area (Å²) in [6.07, 6.45) is 0. The van der Waals surface area contributed by atoms with E-state index in [0.717, 1.165) is 15.8 Å². The summed E-state index contributed by atoms with van der Waals surface area (Å²) < 4.78 is 10.8. The zero-order valence-electron chi connectivity index (χ0n) is 16.6. The normalized spacial score (nSPS) is 10.6. The molecule has 0 saturated heterocycles. The van der Waals surface area contributed by atoms with Gasteiger partial charge in [-0.25, -0.2) is 9.59 Å². The van der Waals surface area contributed by atoms with E-state index in [1.54, 1.807) is 30.3 Å². The van der Waals surface area contributed by atoms with Crippen LogP contribution in [0, 0.1) is 18.3 Å². The van der Waals surface area contributed by atoms with Crippen LogP contribution in [0.5, 0.6) is 0 Å². The average Bonchev–Trinajstić information content (AvgIpc) is 2.77. The van der Waals surface area contributed by atoms with Crippen LogP contribution in [0.2, 0.25) is 0 Å². The van der Waals surface area contributed by atoms with Crippen LogP contribution in [0.25, 0.3) is 11.0 Å². The molecule has 3 aromatic carbocycles. The van der Waals surface area contributed by atoms with Gasteiger partial charge < -0.3 is 9.15 Å². The number of nitriles is 1. The number of benzene rings is 3. The number of carbonyl (C=O) groups excluding carboxylic acids is 1. The fourth-order valence-corrected chi connectivity index (χ4v) is 4.18. The molecule has 4 rings (SSSR count). The number of aryl methyl sites for hydroxylation is 1. The highest BCUT2D eigenvalue weighted by molar-refractivity contribution is 7.99. The fourth-order valence-electron chi connectivity index (χ4n) is 3.17. The van der Waals surface area contributed by atoms with Crippen LogP contribution in [0.3, 0.4) is 0 Å². The SMILES string of the molecule is Cc1ccc2c(COC(=O)c3ccccc3Sc3ccccc3C#N)cc(=O)oc2c1. The molecule has 0 spiro atoms. The summed E-state index contributed by atoms with van der Waals surface area (Å²) in [6.45, 7) is 1.85. The van der Waals surface area contributed by atoms with E-state index >= 15 is 0 Å². The van der Waals surface area contributed by atoms with Crippen molar-refractivity contribution in [2.45, 2.75) is 23.3 Å². The molecule has 0 amide bonds. The van der Waals surface area contributed by atoms with Gasteiger partial charge in [0.05, 0.1) is 11.1 Å². The van der Waals surface area contributed by atoms with Crippen molar-refractivity contribution >= 4 is 28.7 Å². The summed E-state index contributed by atoms with van der Waals surface area (Å²) in [5.41, 5.74) is 2.44. The Balaban J connectivity index is 1.59. The summed E-state index contributed by atoms with van der Waals surface area (Å²) in [7, 11) is 0. The van der Waals surface area contributed by atoms with Crippen LogP contribution >= 0.6 is 11.8 Å². The van der Waals surface area contributed by atoms with Crippen LogP contribution in [0.4, 0.5) is 0 Å². The first-order valence-corrected chi connectivity index (χ1v) is 10.3. The Bertz CT molecular complexity index is 1380. The van der Waals surface area contributed by atoms with E-state index < -0.39 is 11.6 Å². The van der Waals surface area contributed by atoms with Gasteiger partial charge in [0.25, 0.3) is 0 Å². The van der Waals surface area contributed by atoms with E-state index in [-0.39, 0.29) is 6.61 Å². The van der Waals surface area contributed by atoms with Gasteiger partial charge in [-0.15, -0.1) is 0 Å². The second-order valence-electron chi connectivity index (χ2n) is 6.87. The van der Waals surface area contributed by atoms with Gasteiger partial charge in [-0.1, -0.05) is 48.2 Å². The minimum atomic E-state index is -0.508. The number of fused-ring (bicyclic) bond motifs is 1. The Labute approximate surface area is 182 Å². The summed E-state index contributed by atoms with van der Waals surface area (Å²) >= 11 is 1.33. The van der Waals surface area contributed by atoms with Crippen molar-refractivity contribution in [1.29, 1.82) is 5.26 Å². The molecule has 0 fully saturated rings. The Kier molecular flexibility index (Phi) is 5.87. The zero-order valence-corrected chi connectivity index (χ0v) is 17.4. The number of nitrogens with zero attached hydrogens (tertiary/aromatic N) is 1. The molecule has 5 nitrogen and oxygen atoms in total. The van der Waals surface area contributed by atoms with Gasteiger partial charge in [-0.2, -0.15) is 5.26 Å². The maximum atomic E-state index is 12.9. The Morgan fingerprint density at radius 2 is 1.77 bits per heavy atom. The summed E-state index contributed by atoms with van der Waals surface area (Å²) in [5.74, 6) is -0.508. The number of ether oxygens (including phenoxy) is 1. The van der Waals surface area contributed by atoms with E-state index in [1.807, 2.05) is 43.3 Å². The lowest BCUT2D eigenvalue weighted by Gasteiger charge is -2.11. The minimum absolute atomic E-state index is 0.0578. The van der Waals surface area contributed by atoms with Gasteiger partial charge in [-0.3, -0.25) is 0 Å². The highest BCUT2D eigenvalue weighted by Crippen LogP contribution is 2.33. The Morgan fingerprint density at radius 3 is 2.58 bits per heavy atom. The van der Waals surface area contributed by atoms with Crippen LogP contribution in [-0.4, -0.2) is 5.97 Å². The zero-order chi connectivity index (χ0) is 21.8. The van der Waals surface area contributed by atoms with Gasteiger partial charge in [0.1, 0.15) is 18.3 Å². The summed E-state index contributed by atoms with van der Waals surface area (Å²) in [5, 5.41) is 10.0. The predicted molar refractivity (Wildman–Crippen MR) is 118 cm³/mol. The van der Waals surface area contributed by atoms with E-state index in [2.05, 4.69) is 6.07 Å². The molecule has 152 valence electrons. The first kappa shape index (κ1) is 20.5.